The molecule has 3 nitrogen and oxygen atoms in total. The van der Waals surface area contributed by atoms with Crippen molar-refractivity contribution in [1.82, 2.24) is 14.6 Å². The fraction of sp³-hybridized carbons (Fsp3) is 0.538. The Labute approximate surface area is 95.5 Å². The van der Waals surface area contributed by atoms with E-state index in [-0.39, 0.29) is 0 Å². The highest BCUT2D eigenvalue weighted by Crippen LogP contribution is 2.35. The maximum atomic E-state index is 4.60. The van der Waals surface area contributed by atoms with Crippen LogP contribution in [0.2, 0.25) is 0 Å². The summed E-state index contributed by atoms with van der Waals surface area (Å²) in [4.78, 5) is 4.60. The molecule has 3 heteroatoms. The van der Waals surface area contributed by atoms with Gasteiger partial charge in [0.1, 0.15) is 0 Å². The SMILES string of the molecule is Cc1cn2nc(C)cc(C3CCCC3)c2n1. The van der Waals surface area contributed by atoms with Crippen LogP contribution in [0.4, 0.5) is 0 Å². The lowest BCUT2D eigenvalue weighted by atomic mass is 9.99. The number of fused-ring (bicyclic) bond motifs is 1. The molecule has 3 rings (SSSR count). The molecule has 1 saturated carbocycles. The van der Waals surface area contributed by atoms with Crippen LogP contribution in [0.3, 0.4) is 0 Å². The lowest BCUT2D eigenvalue weighted by Crippen LogP contribution is -2.02. The second-order valence-corrected chi connectivity index (χ2v) is 4.87. The van der Waals surface area contributed by atoms with E-state index in [1.807, 2.05) is 17.6 Å². The van der Waals surface area contributed by atoms with Crippen molar-refractivity contribution in [3.05, 3.63) is 29.2 Å². The number of nitrogens with zero attached hydrogens (tertiary/aromatic N) is 3. The van der Waals surface area contributed by atoms with Crippen LogP contribution in [-0.4, -0.2) is 14.6 Å². The van der Waals surface area contributed by atoms with E-state index in [0.29, 0.717) is 5.92 Å². The minimum atomic E-state index is 0.700. The van der Waals surface area contributed by atoms with Crippen molar-refractivity contribution >= 4 is 5.65 Å². The zero-order valence-corrected chi connectivity index (χ0v) is 9.90. The molecule has 0 bridgehead atoms. The van der Waals surface area contributed by atoms with E-state index in [0.717, 1.165) is 17.0 Å². The standard InChI is InChI=1S/C13H17N3/c1-9-7-12(11-5-3-4-6-11)13-14-10(2)8-16(13)15-9/h7-8,11H,3-6H2,1-2H3. The van der Waals surface area contributed by atoms with Gasteiger partial charge in [-0.05, 0) is 38.7 Å². The molecule has 0 atom stereocenters. The van der Waals surface area contributed by atoms with Gasteiger partial charge >= 0.3 is 0 Å². The van der Waals surface area contributed by atoms with Gasteiger partial charge in [-0.3, -0.25) is 0 Å². The van der Waals surface area contributed by atoms with E-state index in [1.54, 1.807) is 0 Å². The number of imidazole rings is 1. The van der Waals surface area contributed by atoms with E-state index in [4.69, 9.17) is 0 Å². The van der Waals surface area contributed by atoms with Crippen LogP contribution in [0.1, 0.15) is 48.6 Å². The number of aryl methyl sites for hydroxylation is 2. The summed E-state index contributed by atoms with van der Waals surface area (Å²) in [6.45, 7) is 4.09. The van der Waals surface area contributed by atoms with Gasteiger partial charge in [-0.15, -0.1) is 0 Å². The summed E-state index contributed by atoms with van der Waals surface area (Å²) in [5.41, 5.74) is 4.61. The first-order valence-corrected chi connectivity index (χ1v) is 6.07. The summed E-state index contributed by atoms with van der Waals surface area (Å²) >= 11 is 0. The Kier molecular flexibility index (Phi) is 2.20. The third-order valence-electron chi connectivity index (χ3n) is 3.49. The molecule has 0 saturated heterocycles. The topological polar surface area (TPSA) is 30.2 Å². The first-order valence-electron chi connectivity index (χ1n) is 6.07. The Hall–Kier alpha value is -1.38. The van der Waals surface area contributed by atoms with Gasteiger partial charge in [0, 0.05) is 5.56 Å². The summed E-state index contributed by atoms with van der Waals surface area (Å²) in [6.07, 6.45) is 7.35. The average Bonchev–Trinajstić information content (AvgIpc) is 2.83. The second kappa shape index (κ2) is 3.58. The molecule has 1 aliphatic carbocycles. The van der Waals surface area contributed by atoms with Gasteiger partial charge in [-0.2, -0.15) is 5.10 Å². The van der Waals surface area contributed by atoms with Crippen LogP contribution in [0.5, 0.6) is 0 Å². The quantitative estimate of drug-likeness (QED) is 0.732. The third kappa shape index (κ3) is 1.51. The van der Waals surface area contributed by atoms with Crippen molar-refractivity contribution < 1.29 is 0 Å². The van der Waals surface area contributed by atoms with Crippen molar-refractivity contribution in [3.63, 3.8) is 0 Å². The lowest BCUT2D eigenvalue weighted by Gasteiger charge is -2.11. The van der Waals surface area contributed by atoms with Gasteiger partial charge in [0.25, 0.3) is 0 Å². The molecule has 0 amide bonds. The second-order valence-electron chi connectivity index (χ2n) is 4.87. The van der Waals surface area contributed by atoms with Crippen molar-refractivity contribution in [1.29, 1.82) is 0 Å². The summed E-state index contributed by atoms with van der Waals surface area (Å²) in [6, 6.07) is 2.22. The van der Waals surface area contributed by atoms with Crippen LogP contribution in [0.15, 0.2) is 12.3 Å². The summed E-state index contributed by atoms with van der Waals surface area (Å²) < 4.78 is 1.94. The minimum absolute atomic E-state index is 0.700. The Bertz CT molecular complexity index is 521. The molecule has 0 aliphatic heterocycles. The molecule has 0 radical (unpaired) electrons. The van der Waals surface area contributed by atoms with Gasteiger partial charge in [-0.25, -0.2) is 9.50 Å². The van der Waals surface area contributed by atoms with Crippen LogP contribution >= 0.6 is 0 Å². The molecule has 1 aliphatic rings. The van der Waals surface area contributed by atoms with Crippen LogP contribution in [0, 0.1) is 13.8 Å². The first-order chi connectivity index (χ1) is 7.74. The molecule has 0 unspecified atom stereocenters. The molecule has 16 heavy (non-hydrogen) atoms. The Morgan fingerprint density at radius 3 is 2.69 bits per heavy atom. The Morgan fingerprint density at radius 1 is 1.19 bits per heavy atom. The van der Waals surface area contributed by atoms with E-state index in [1.165, 1.54) is 31.2 Å². The fourth-order valence-corrected chi connectivity index (χ4v) is 2.78. The molecule has 2 heterocycles. The van der Waals surface area contributed by atoms with Gasteiger partial charge in [0.15, 0.2) is 5.65 Å². The highest BCUT2D eigenvalue weighted by Gasteiger charge is 2.21. The molecular weight excluding hydrogens is 198 g/mol. The maximum Gasteiger partial charge on any atom is 0.157 e. The number of hydrogen-bond donors (Lipinski definition) is 0. The van der Waals surface area contributed by atoms with Crippen LogP contribution in [0.25, 0.3) is 5.65 Å². The Morgan fingerprint density at radius 2 is 1.94 bits per heavy atom. The number of aromatic nitrogens is 3. The van der Waals surface area contributed by atoms with Gasteiger partial charge < -0.3 is 0 Å². The smallest absolute Gasteiger partial charge is 0.157 e. The maximum absolute atomic E-state index is 4.60. The monoisotopic (exact) mass is 215 g/mol. The molecule has 84 valence electrons. The van der Waals surface area contributed by atoms with Crippen LogP contribution < -0.4 is 0 Å². The lowest BCUT2D eigenvalue weighted by molar-refractivity contribution is 0.713. The predicted molar refractivity (Wildman–Crippen MR) is 63.7 cm³/mol. The third-order valence-corrected chi connectivity index (χ3v) is 3.49. The van der Waals surface area contributed by atoms with Crippen molar-refractivity contribution in [2.75, 3.05) is 0 Å². The molecule has 0 spiro atoms. The van der Waals surface area contributed by atoms with Gasteiger partial charge in [0.05, 0.1) is 17.6 Å². The van der Waals surface area contributed by atoms with E-state index >= 15 is 0 Å². The van der Waals surface area contributed by atoms with Gasteiger partial charge in [-0.1, -0.05) is 12.8 Å². The fourth-order valence-electron chi connectivity index (χ4n) is 2.78. The number of hydrogen-bond acceptors (Lipinski definition) is 2. The highest BCUT2D eigenvalue weighted by molar-refractivity contribution is 5.50. The summed E-state index contributed by atoms with van der Waals surface area (Å²) in [5.74, 6) is 0.700. The molecule has 1 fully saturated rings. The van der Waals surface area contributed by atoms with E-state index < -0.39 is 0 Å². The molecule has 2 aromatic heterocycles. The highest BCUT2D eigenvalue weighted by atomic mass is 15.2. The summed E-state index contributed by atoms with van der Waals surface area (Å²) in [7, 11) is 0. The number of rotatable bonds is 1. The molecular formula is C13H17N3. The molecule has 0 N–H and O–H groups in total. The van der Waals surface area contributed by atoms with E-state index in [9.17, 15) is 0 Å². The first kappa shape index (κ1) is 9.82. The van der Waals surface area contributed by atoms with E-state index in [2.05, 4.69) is 23.1 Å². The Balaban J connectivity index is 2.20. The summed E-state index contributed by atoms with van der Waals surface area (Å²) in [5, 5.41) is 4.48. The molecule has 2 aromatic rings. The minimum Gasteiger partial charge on any atom is -0.232 e. The van der Waals surface area contributed by atoms with Crippen LogP contribution in [-0.2, 0) is 0 Å². The zero-order chi connectivity index (χ0) is 11.1. The average molecular weight is 215 g/mol. The van der Waals surface area contributed by atoms with Crippen molar-refractivity contribution in [2.24, 2.45) is 0 Å². The van der Waals surface area contributed by atoms with Gasteiger partial charge in [0.2, 0.25) is 0 Å². The molecule has 0 aromatic carbocycles. The normalized spacial score (nSPS) is 17.4. The predicted octanol–water partition coefficient (Wildman–Crippen LogP) is 3.00. The zero-order valence-electron chi connectivity index (χ0n) is 9.90. The van der Waals surface area contributed by atoms with Crippen molar-refractivity contribution in [2.45, 2.75) is 45.4 Å². The largest absolute Gasteiger partial charge is 0.232 e. The van der Waals surface area contributed by atoms with Crippen molar-refractivity contribution in [3.8, 4) is 0 Å².